The lowest BCUT2D eigenvalue weighted by Crippen LogP contribution is -2.34. The second-order valence-corrected chi connectivity index (χ2v) is 4.61. The molecule has 0 saturated carbocycles. The summed E-state index contributed by atoms with van der Waals surface area (Å²) >= 11 is 6.01. The van der Waals surface area contributed by atoms with Gasteiger partial charge in [0.1, 0.15) is 0 Å². The van der Waals surface area contributed by atoms with Gasteiger partial charge in [-0.2, -0.15) is 0 Å². The highest BCUT2D eigenvalue weighted by molar-refractivity contribution is 6.33. The second kappa shape index (κ2) is 8.11. The number of carbonyl (C=O) groups excluding carboxylic acids is 1. The molecule has 4 heteroatoms. The molecule has 1 aromatic carbocycles. The van der Waals surface area contributed by atoms with Crippen LogP contribution in [-0.2, 0) is 0 Å². The Hall–Kier alpha value is -1.06. The summed E-state index contributed by atoms with van der Waals surface area (Å²) in [7, 11) is 0. The fraction of sp³-hybridized carbons (Fsp3) is 0.500. The van der Waals surface area contributed by atoms with Gasteiger partial charge in [-0.05, 0) is 18.6 Å². The SMILES string of the molecule is CCCCCN(CCO)C(=O)c1ccccc1Cl. The van der Waals surface area contributed by atoms with Crippen LogP contribution in [0.15, 0.2) is 24.3 Å². The first-order valence-electron chi connectivity index (χ1n) is 6.35. The summed E-state index contributed by atoms with van der Waals surface area (Å²) in [5, 5.41) is 9.49. The molecule has 18 heavy (non-hydrogen) atoms. The number of hydrogen-bond donors (Lipinski definition) is 1. The molecule has 0 bridgehead atoms. The molecule has 0 spiro atoms. The van der Waals surface area contributed by atoms with E-state index in [0.717, 1.165) is 19.3 Å². The molecular weight excluding hydrogens is 250 g/mol. The Kier molecular flexibility index (Phi) is 6.76. The van der Waals surface area contributed by atoms with Crippen molar-refractivity contribution in [3.05, 3.63) is 34.9 Å². The van der Waals surface area contributed by atoms with Crippen LogP contribution in [0.4, 0.5) is 0 Å². The number of halogens is 1. The van der Waals surface area contributed by atoms with E-state index >= 15 is 0 Å². The van der Waals surface area contributed by atoms with Crippen molar-refractivity contribution in [3.63, 3.8) is 0 Å². The van der Waals surface area contributed by atoms with Crippen LogP contribution in [0, 0.1) is 0 Å². The van der Waals surface area contributed by atoms with Crippen molar-refractivity contribution in [3.8, 4) is 0 Å². The molecule has 0 aromatic heterocycles. The number of rotatable bonds is 7. The Morgan fingerprint density at radius 2 is 2.00 bits per heavy atom. The van der Waals surface area contributed by atoms with E-state index in [1.54, 1.807) is 29.2 Å². The molecule has 0 aliphatic carbocycles. The van der Waals surface area contributed by atoms with Crippen molar-refractivity contribution in [1.29, 1.82) is 0 Å². The minimum atomic E-state index is -0.106. The number of aliphatic hydroxyl groups excluding tert-OH is 1. The molecule has 1 amide bonds. The molecule has 1 aromatic rings. The van der Waals surface area contributed by atoms with Gasteiger partial charge in [-0.1, -0.05) is 43.5 Å². The maximum Gasteiger partial charge on any atom is 0.255 e. The minimum absolute atomic E-state index is 0.0255. The van der Waals surface area contributed by atoms with Crippen LogP contribution < -0.4 is 0 Å². The summed E-state index contributed by atoms with van der Waals surface area (Å²) in [6.07, 6.45) is 3.14. The quantitative estimate of drug-likeness (QED) is 0.773. The zero-order valence-corrected chi connectivity index (χ0v) is 11.5. The van der Waals surface area contributed by atoms with E-state index in [9.17, 15) is 4.79 Å². The molecule has 0 saturated heterocycles. The molecule has 100 valence electrons. The Labute approximate surface area is 113 Å². The lowest BCUT2D eigenvalue weighted by atomic mass is 10.1. The lowest BCUT2D eigenvalue weighted by Gasteiger charge is -2.22. The average molecular weight is 270 g/mol. The van der Waals surface area contributed by atoms with Crippen LogP contribution in [0.3, 0.4) is 0 Å². The average Bonchev–Trinajstić information content (AvgIpc) is 2.38. The van der Waals surface area contributed by atoms with Gasteiger partial charge in [0.05, 0.1) is 17.2 Å². The standard InChI is InChI=1S/C14H20ClNO2/c1-2-3-6-9-16(10-11-17)14(18)12-7-4-5-8-13(12)15/h4-5,7-8,17H,2-3,6,9-11H2,1H3. The van der Waals surface area contributed by atoms with Gasteiger partial charge in [-0.15, -0.1) is 0 Å². The number of aliphatic hydroxyl groups is 1. The van der Waals surface area contributed by atoms with Crippen LogP contribution in [-0.4, -0.2) is 35.6 Å². The van der Waals surface area contributed by atoms with Crippen molar-refractivity contribution < 1.29 is 9.90 Å². The summed E-state index contributed by atoms with van der Waals surface area (Å²) in [4.78, 5) is 13.9. The van der Waals surface area contributed by atoms with Gasteiger partial charge < -0.3 is 10.0 Å². The monoisotopic (exact) mass is 269 g/mol. The summed E-state index contributed by atoms with van der Waals surface area (Å²) in [5.41, 5.74) is 0.504. The molecule has 0 heterocycles. The van der Waals surface area contributed by atoms with Crippen LogP contribution >= 0.6 is 11.6 Å². The molecule has 0 unspecified atom stereocenters. The maximum absolute atomic E-state index is 12.3. The third kappa shape index (κ3) is 4.31. The molecule has 0 atom stereocenters. The van der Waals surface area contributed by atoms with Gasteiger partial charge in [0.25, 0.3) is 5.91 Å². The fourth-order valence-corrected chi connectivity index (χ4v) is 2.01. The Balaban J connectivity index is 2.73. The van der Waals surface area contributed by atoms with Gasteiger partial charge in [-0.25, -0.2) is 0 Å². The van der Waals surface area contributed by atoms with Crippen molar-refractivity contribution in [2.75, 3.05) is 19.7 Å². The lowest BCUT2D eigenvalue weighted by molar-refractivity contribution is 0.0719. The normalized spacial score (nSPS) is 10.4. The van der Waals surface area contributed by atoms with Crippen LogP contribution in [0.5, 0.6) is 0 Å². The van der Waals surface area contributed by atoms with Crippen LogP contribution in [0.2, 0.25) is 5.02 Å². The smallest absolute Gasteiger partial charge is 0.255 e. The zero-order valence-electron chi connectivity index (χ0n) is 10.7. The number of amides is 1. The fourth-order valence-electron chi connectivity index (χ4n) is 1.79. The summed E-state index contributed by atoms with van der Waals surface area (Å²) < 4.78 is 0. The highest BCUT2D eigenvalue weighted by atomic mass is 35.5. The van der Waals surface area contributed by atoms with Gasteiger partial charge in [-0.3, -0.25) is 4.79 Å². The van der Waals surface area contributed by atoms with Gasteiger partial charge in [0.15, 0.2) is 0 Å². The predicted molar refractivity (Wildman–Crippen MR) is 74.0 cm³/mol. The number of benzene rings is 1. The molecule has 1 N–H and O–H groups in total. The molecule has 3 nitrogen and oxygen atoms in total. The van der Waals surface area contributed by atoms with Crippen LogP contribution in [0.25, 0.3) is 0 Å². The summed E-state index contributed by atoms with van der Waals surface area (Å²) in [6.45, 7) is 3.11. The Morgan fingerprint density at radius 3 is 2.61 bits per heavy atom. The maximum atomic E-state index is 12.3. The zero-order chi connectivity index (χ0) is 13.4. The molecule has 0 radical (unpaired) electrons. The molecule has 0 fully saturated rings. The first kappa shape index (κ1) is 15.0. The summed E-state index contributed by atoms with van der Waals surface area (Å²) in [6, 6.07) is 7.02. The second-order valence-electron chi connectivity index (χ2n) is 4.20. The predicted octanol–water partition coefficient (Wildman–Crippen LogP) is 2.96. The van der Waals surface area contributed by atoms with E-state index in [1.807, 2.05) is 0 Å². The number of unbranched alkanes of at least 4 members (excludes halogenated alkanes) is 2. The summed E-state index contributed by atoms with van der Waals surface area (Å²) in [5.74, 6) is -0.106. The van der Waals surface area contributed by atoms with E-state index in [-0.39, 0.29) is 12.5 Å². The van der Waals surface area contributed by atoms with E-state index in [2.05, 4.69) is 6.92 Å². The first-order valence-corrected chi connectivity index (χ1v) is 6.73. The third-order valence-electron chi connectivity index (χ3n) is 2.79. The Bertz CT molecular complexity index is 382. The van der Waals surface area contributed by atoms with Crippen LogP contribution in [0.1, 0.15) is 36.5 Å². The first-order chi connectivity index (χ1) is 8.70. The Morgan fingerprint density at radius 1 is 1.28 bits per heavy atom. The molecule has 1 rings (SSSR count). The van der Waals surface area contributed by atoms with Crippen molar-refractivity contribution in [2.45, 2.75) is 26.2 Å². The van der Waals surface area contributed by atoms with Gasteiger partial charge in [0, 0.05) is 13.1 Å². The van der Waals surface area contributed by atoms with Crippen molar-refractivity contribution >= 4 is 17.5 Å². The number of carbonyl (C=O) groups is 1. The highest BCUT2D eigenvalue weighted by Crippen LogP contribution is 2.17. The van der Waals surface area contributed by atoms with Crippen molar-refractivity contribution in [2.24, 2.45) is 0 Å². The molecule has 0 aliphatic rings. The largest absolute Gasteiger partial charge is 0.395 e. The van der Waals surface area contributed by atoms with Gasteiger partial charge >= 0.3 is 0 Å². The molecule has 0 aliphatic heterocycles. The molecular formula is C14H20ClNO2. The minimum Gasteiger partial charge on any atom is -0.395 e. The third-order valence-corrected chi connectivity index (χ3v) is 3.12. The van der Waals surface area contributed by atoms with Crippen molar-refractivity contribution in [1.82, 2.24) is 4.90 Å². The highest BCUT2D eigenvalue weighted by Gasteiger charge is 2.17. The van der Waals surface area contributed by atoms with E-state index in [4.69, 9.17) is 16.7 Å². The number of hydrogen-bond acceptors (Lipinski definition) is 2. The van der Waals surface area contributed by atoms with E-state index in [0.29, 0.717) is 23.7 Å². The van der Waals surface area contributed by atoms with Gasteiger partial charge in [0.2, 0.25) is 0 Å². The van der Waals surface area contributed by atoms with E-state index in [1.165, 1.54) is 0 Å². The topological polar surface area (TPSA) is 40.5 Å². The number of nitrogens with zero attached hydrogens (tertiary/aromatic N) is 1. The van der Waals surface area contributed by atoms with E-state index < -0.39 is 0 Å².